The number of carbonyl (C=O) groups excluding carboxylic acids is 2. The fourth-order valence-electron chi connectivity index (χ4n) is 1.94. The van der Waals surface area contributed by atoms with Crippen LogP contribution < -0.4 is 5.32 Å². The Morgan fingerprint density at radius 1 is 1.39 bits per heavy atom. The maximum absolute atomic E-state index is 12.3. The van der Waals surface area contributed by atoms with Gasteiger partial charge in [0.25, 0.3) is 5.91 Å². The first-order valence-corrected chi connectivity index (χ1v) is 7.16. The molecule has 0 aliphatic carbocycles. The molecular formula is C16H15ClN2O4. The van der Waals surface area contributed by atoms with Crippen LogP contribution in [-0.2, 0) is 9.53 Å². The third kappa shape index (κ3) is 3.98. The maximum Gasteiger partial charge on any atom is 0.330 e. The van der Waals surface area contributed by atoms with Crippen LogP contribution in [0.25, 0.3) is 11.3 Å². The number of methoxy groups -OCH3 is 1. The zero-order valence-corrected chi connectivity index (χ0v) is 13.4. The number of amides is 1. The number of benzene rings is 1. The van der Waals surface area contributed by atoms with E-state index < -0.39 is 5.97 Å². The van der Waals surface area contributed by atoms with Gasteiger partial charge in [0.2, 0.25) is 0 Å². The van der Waals surface area contributed by atoms with E-state index in [-0.39, 0.29) is 12.5 Å². The number of hydrogen-bond donors (Lipinski definition) is 1. The van der Waals surface area contributed by atoms with Gasteiger partial charge in [-0.15, -0.1) is 0 Å². The molecule has 0 radical (unpaired) electrons. The SMILES string of the molecule is COC(=O)/C=C/CNC(=O)c1c(-c2ccccc2Cl)noc1C. The van der Waals surface area contributed by atoms with Crippen LogP contribution >= 0.6 is 11.6 Å². The molecule has 0 saturated carbocycles. The zero-order valence-electron chi connectivity index (χ0n) is 12.6. The van der Waals surface area contributed by atoms with Gasteiger partial charge in [0, 0.05) is 18.2 Å². The predicted molar refractivity (Wildman–Crippen MR) is 85.2 cm³/mol. The summed E-state index contributed by atoms with van der Waals surface area (Å²) in [6.45, 7) is 1.81. The molecule has 1 aromatic carbocycles. The summed E-state index contributed by atoms with van der Waals surface area (Å²) < 4.78 is 9.59. The number of ether oxygens (including phenoxy) is 1. The van der Waals surface area contributed by atoms with Crippen molar-refractivity contribution in [2.75, 3.05) is 13.7 Å². The Morgan fingerprint density at radius 2 is 2.13 bits per heavy atom. The average molecular weight is 335 g/mol. The Bertz CT molecular complexity index is 752. The van der Waals surface area contributed by atoms with Crippen molar-refractivity contribution in [3.8, 4) is 11.3 Å². The molecule has 1 heterocycles. The quantitative estimate of drug-likeness (QED) is 0.671. The van der Waals surface area contributed by atoms with Gasteiger partial charge in [-0.3, -0.25) is 4.79 Å². The molecule has 0 aliphatic heterocycles. The molecule has 6 nitrogen and oxygen atoms in total. The highest BCUT2D eigenvalue weighted by Gasteiger charge is 2.22. The summed E-state index contributed by atoms with van der Waals surface area (Å²) in [7, 11) is 1.28. The second-order valence-corrected chi connectivity index (χ2v) is 4.98. The van der Waals surface area contributed by atoms with Gasteiger partial charge in [-0.2, -0.15) is 0 Å². The molecule has 0 bridgehead atoms. The number of nitrogens with zero attached hydrogens (tertiary/aromatic N) is 1. The van der Waals surface area contributed by atoms with Crippen molar-refractivity contribution in [2.24, 2.45) is 0 Å². The lowest BCUT2D eigenvalue weighted by molar-refractivity contribution is -0.134. The van der Waals surface area contributed by atoms with Crippen molar-refractivity contribution < 1.29 is 18.8 Å². The Balaban J connectivity index is 2.19. The molecule has 23 heavy (non-hydrogen) atoms. The fraction of sp³-hybridized carbons (Fsp3) is 0.188. The van der Waals surface area contributed by atoms with Gasteiger partial charge >= 0.3 is 5.97 Å². The molecule has 0 saturated heterocycles. The Kier molecular flexibility index (Phi) is 5.54. The number of aryl methyl sites for hydroxylation is 1. The second kappa shape index (κ2) is 7.60. The van der Waals surface area contributed by atoms with Crippen LogP contribution in [0.1, 0.15) is 16.1 Å². The highest BCUT2D eigenvalue weighted by Crippen LogP contribution is 2.30. The number of rotatable bonds is 5. The Labute approximate surface area is 138 Å². The highest BCUT2D eigenvalue weighted by molar-refractivity contribution is 6.33. The number of aromatic nitrogens is 1. The monoisotopic (exact) mass is 334 g/mol. The normalized spacial score (nSPS) is 10.7. The van der Waals surface area contributed by atoms with Gasteiger partial charge in [-0.25, -0.2) is 4.79 Å². The van der Waals surface area contributed by atoms with Crippen molar-refractivity contribution >= 4 is 23.5 Å². The third-order valence-electron chi connectivity index (χ3n) is 3.05. The molecule has 1 N–H and O–H groups in total. The molecule has 1 aromatic heterocycles. The van der Waals surface area contributed by atoms with Crippen LogP contribution in [0.4, 0.5) is 0 Å². The summed E-state index contributed by atoms with van der Waals surface area (Å²) in [6.07, 6.45) is 2.72. The molecule has 2 aromatic rings. The van der Waals surface area contributed by atoms with Gasteiger partial charge in [0.15, 0.2) is 0 Å². The van der Waals surface area contributed by atoms with Crippen LogP contribution in [-0.4, -0.2) is 30.7 Å². The molecule has 0 unspecified atom stereocenters. The molecular weight excluding hydrogens is 320 g/mol. The predicted octanol–water partition coefficient (Wildman–Crippen LogP) is 2.76. The lowest BCUT2D eigenvalue weighted by atomic mass is 10.1. The first kappa shape index (κ1) is 16.8. The summed E-state index contributed by atoms with van der Waals surface area (Å²) in [4.78, 5) is 23.3. The molecule has 7 heteroatoms. The minimum atomic E-state index is -0.489. The van der Waals surface area contributed by atoms with E-state index in [1.807, 2.05) is 0 Å². The average Bonchev–Trinajstić information content (AvgIpc) is 2.93. The number of carbonyl (C=O) groups is 2. The summed E-state index contributed by atoms with van der Waals surface area (Å²) in [5.74, 6) is -0.472. The van der Waals surface area contributed by atoms with Crippen molar-refractivity contribution in [1.82, 2.24) is 10.5 Å². The lowest BCUT2D eigenvalue weighted by Gasteiger charge is -2.04. The molecule has 0 atom stereocenters. The van der Waals surface area contributed by atoms with Crippen LogP contribution in [0, 0.1) is 6.92 Å². The van der Waals surface area contributed by atoms with E-state index in [1.165, 1.54) is 19.3 Å². The largest absolute Gasteiger partial charge is 0.466 e. The topological polar surface area (TPSA) is 81.4 Å². The van der Waals surface area contributed by atoms with Crippen LogP contribution in [0.2, 0.25) is 5.02 Å². The lowest BCUT2D eigenvalue weighted by Crippen LogP contribution is -2.24. The van der Waals surface area contributed by atoms with E-state index >= 15 is 0 Å². The first-order chi connectivity index (χ1) is 11.0. The summed E-state index contributed by atoms with van der Waals surface area (Å²) >= 11 is 6.15. The van der Waals surface area contributed by atoms with Gasteiger partial charge in [0.1, 0.15) is 17.0 Å². The minimum absolute atomic E-state index is 0.167. The van der Waals surface area contributed by atoms with E-state index in [4.69, 9.17) is 16.1 Å². The minimum Gasteiger partial charge on any atom is -0.466 e. The molecule has 0 spiro atoms. The number of nitrogens with one attached hydrogen (secondary N) is 1. The van der Waals surface area contributed by atoms with Crippen molar-refractivity contribution in [3.63, 3.8) is 0 Å². The summed E-state index contributed by atoms with van der Waals surface area (Å²) in [5.41, 5.74) is 1.30. The van der Waals surface area contributed by atoms with Crippen LogP contribution in [0.15, 0.2) is 40.9 Å². The fourth-order valence-corrected chi connectivity index (χ4v) is 2.17. The van der Waals surface area contributed by atoms with Crippen LogP contribution in [0.5, 0.6) is 0 Å². The van der Waals surface area contributed by atoms with Crippen molar-refractivity contribution in [1.29, 1.82) is 0 Å². The molecule has 1 amide bonds. The molecule has 0 fully saturated rings. The number of halogens is 1. The van der Waals surface area contributed by atoms with Crippen molar-refractivity contribution in [3.05, 3.63) is 52.8 Å². The standard InChI is InChI=1S/C16H15ClN2O4/c1-10-14(16(21)18-9-5-8-13(20)22-2)15(19-23-10)11-6-3-4-7-12(11)17/h3-8H,9H2,1-2H3,(H,18,21)/b8-5+. The second-order valence-electron chi connectivity index (χ2n) is 4.58. The van der Waals surface area contributed by atoms with Crippen LogP contribution in [0.3, 0.4) is 0 Å². The van der Waals surface area contributed by atoms with Gasteiger partial charge in [-0.05, 0) is 13.0 Å². The summed E-state index contributed by atoms with van der Waals surface area (Å²) in [5, 5.41) is 7.06. The maximum atomic E-state index is 12.3. The molecule has 0 aliphatic rings. The van der Waals surface area contributed by atoms with E-state index in [0.29, 0.717) is 27.6 Å². The van der Waals surface area contributed by atoms with Gasteiger partial charge < -0.3 is 14.6 Å². The molecule has 120 valence electrons. The Hall–Kier alpha value is -2.60. The summed E-state index contributed by atoms with van der Waals surface area (Å²) in [6, 6.07) is 7.05. The number of hydrogen-bond acceptors (Lipinski definition) is 5. The van der Waals surface area contributed by atoms with Gasteiger partial charge in [0.05, 0.1) is 12.1 Å². The van der Waals surface area contributed by atoms with E-state index in [0.717, 1.165) is 0 Å². The number of esters is 1. The smallest absolute Gasteiger partial charge is 0.330 e. The Morgan fingerprint density at radius 3 is 2.83 bits per heavy atom. The first-order valence-electron chi connectivity index (χ1n) is 6.78. The van der Waals surface area contributed by atoms with E-state index in [1.54, 1.807) is 31.2 Å². The van der Waals surface area contributed by atoms with Crippen molar-refractivity contribution in [2.45, 2.75) is 6.92 Å². The zero-order chi connectivity index (χ0) is 16.8. The van der Waals surface area contributed by atoms with Gasteiger partial charge in [-0.1, -0.05) is 41.0 Å². The van der Waals surface area contributed by atoms with E-state index in [2.05, 4.69) is 15.2 Å². The molecule has 2 rings (SSSR count). The third-order valence-corrected chi connectivity index (χ3v) is 3.38. The highest BCUT2D eigenvalue weighted by atomic mass is 35.5. The van der Waals surface area contributed by atoms with E-state index in [9.17, 15) is 9.59 Å².